The molecule has 2 aromatic heterocycles. The SMILES string of the molecule is Cc1c(Sc2ccc(S(C)(=O)=O)cc2)c2cc(-c3cc[nH]n3)ccc2n1CC(=O)O. The van der Waals surface area contributed by atoms with Crippen molar-refractivity contribution in [3.63, 3.8) is 0 Å². The smallest absolute Gasteiger partial charge is 0.323 e. The highest BCUT2D eigenvalue weighted by Crippen LogP contribution is 2.40. The summed E-state index contributed by atoms with van der Waals surface area (Å²) in [7, 11) is -3.26. The number of sulfone groups is 1. The standard InChI is InChI=1S/C21H19N3O4S2/c1-13-21(29-15-4-6-16(7-5-15)30(2,27)28)17-11-14(18-9-10-22-23-18)3-8-19(17)24(13)12-20(25)26/h3-11H,12H2,1-2H3,(H,22,23)(H,25,26). The lowest BCUT2D eigenvalue weighted by Gasteiger charge is -2.06. The number of carboxylic acid groups (broad SMARTS) is 1. The monoisotopic (exact) mass is 441 g/mol. The lowest BCUT2D eigenvalue weighted by Crippen LogP contribution is -2.09. The summed E-state index contributed by atoms with van der Waals surface area (Å²) in [5, 5.41) is 17.3. The predicted molar refractivity (Wildman–Crippen MR) is 116 cm³/mol. The molecule has 0 aliphatic carbocycles. The van der Waals surface area contributed by atoms with Crippen LogP contribution in [0.2, 0.25) is 0 Å². The Morgan fingerprint density at radius 2 is 1.90 bits per heavy atom. The van der Waals surface area contributed by atoms with Crippen LogP contribution in [-0.4, -0.2) is 40.5 Å². The van der Waals surface area contributed by atoms with Crippen LogP contribution in [0.5, 0.6) is 0 Å². The molecule has 7 nitrogen and oxygen atoms in total. The van der Waals surface area contributed by atoms with Gasteiger partial charge in [0.1, 0.15) is 6.54 Å². The van der Waals surface area contributed by atoms with E-state index in [1.165, 1.54) is 18.0 Å². The summed E-state index contributed by atoms with van der Waals surface area (Å²) in [6, 6.07) is 14.4. The molecule has 9 heteroatoms. The highest BCUT2D eigenvalue weighted by atomic mass is 32.2. The summed E-state index contributed by atoms with van der Waals surface area (Å²) < 4.78 is 25.2. The Balaban J connectivity index is 1.83. The second-order valence-electron chi connectivity index (χ2n) is 6.93. The van der Waals surface area contributed by atoms with Gasteiger partial charge in [-0.25, -0.2) is 8.42 Å². The van der Waals surface area contributed by atoms with E-state index in [0.717, 1.165) is 37.6 Å². The number of H-pyrrole nitrogens is 1. The molecule has 0 unspecified atom stereocenters. The molecule has 0 fully saturated rings. The van der Waals surface area contributed by atoms with Gasteiger partial charge >= 0.3 is 5.97 Å². The van der Waals surface area contributed by atoms with Crippen LogP contribution < -0.4 is 0 Å². The largest absolute Gasteiger partial charge is 0.480 e. The maximum absolute atomic E-state index is 11.7. The number of fused-ring (bicyclic) bond motifs is 1. The van der Waals surface area contributed by atoms with Gasteiger partial charge in [-0.3, -0.25) is 9.89 Å². The molecule has 0 atom stereocenters. The van der Waals surface area contributed by atoms with Gasteiger partial charge in [0, 0.05) is 44.4 Å². The Kier molecular flexibility index (Phi) is 5.17. The maximum atomic E-state index is 11.7. The number of nitrogens with one attached hydrogen (secondary N) is 1. The summed E-state index contributed by atoms with van der Waals surface area (Å²) in [5.74, 6) is -0.916. The molecule has 4 aromatic rings. The van der Waals surface area contributed by atoms with Crippen molar-refractivity contribution in [3.8, 4) is 11.3 Å². The first-order valence-electron chi connectivity index (χ1n) is 9.07. The summed E-state index contributed by atoms with van der Waals surface area (Å²) >= 11 is 1.48. The minimum Gasteiger partial charge on any atom is -0.480 e. The van der Waals surface area contributed by atoms with Crippen LogP contribution in [0.4, 0.5) is 0 Å². The molecule has 0 radical (unpaired) electrons. The molecule has 2 heterocycles. The van der Waals surface area contributed by atoms with Crippen LogP contribution >= 0.6 is 11.8 Å². The number of rotatable bonds is 6. The Morgan fingerprint density at radius 1 is 1.17 bits per heavy atom. The number of carboxylic acids is 1. The van der Waals surface area contributed by atoms with Gasteiger partial charge in [-0.15, -0.1) is 0 Å². The van der Waals surface area contributed by atoms with E-state index < -0.39 is 15.8 Å². The number of hydrogen-bond acceptors (Lipinski definition) is 5. The summed E-state index contributed by atoms with van der Waals surface area (Å²) in [6.07, 6.45) is 2.93. The van der Waals surface area contributed by atoms with Crippen molar-refractivity contribution in [2.45, 2.75) is 28.2 Å². The third kappa shape index (κ3) is 3.86. The zero-order chi connectivity index (χ0) is 21.5. The van der Waals surface area contributed by atoms with E-state index in [0.29, 0.717) is 0 Å². The molecule has 154 valence electrons. The molecular weight excluding hydrogens is 422 g/mol. The molecule has 0 bridgehead atoms. The minimum absolute atomic E-state index is 0.141. The van der Waals surface area contributed by atoms with Gasteiger partial charge in [-0.2, -0.15) is 5.10 Å². The third-order valence-corrected chi connectivity index (χ3v) is 7.18. The first-order valence-corrected chi connectivity index (χ1v) is 11.8. The first kappa shape index (κ1) is 20.2. The van der Waals surface area contributed by atoms with E-state index in [4.69, 9.17) is 0 Å². The van der Waals surface area contributed by atoms with E-state index in [2.05, 4.69) is 10.2 Å². The lowest BCUT2D eigenvalue weighted by atomic mass is 10.1. The van der Waals surface area contributed by atoms with Crippen molar-refractivity contribution in [2.75, 3.05) is 6.26 Å². The van der Waals surface area contributed by atoms with Crippen molar-refractivity contribution >= 4 is 38.5 Å². The van der Waals surface area contributed by atoms with Crippen LogP contribution in [0.15, 0.2) is 69.4 Å². The quantitative estimate of drug-likeness (QED) is 0.469. The summed E-state index contributed by atoms with van der Waals surface area (Å²) in [4.78, 5) is 13.5. The first-order chi connectivity index (χ1) is 14.2. The zero-order valence-corrected chi connectivity index (χ0v) is 17.9. The summed E-state index contributed by atoms with van der Waals surface area (Å²) in [5.41, 5.74) is 3.38. The molecule has 0 aliphatic rings. The second kappa shape index (κ2) is 7.66. The van der Waals surface area contributed by atoms with E-state index >= 15 is 0 Å². The average molecular weight is 442 g/mol. The maximum Gasteiger partial charge on any atom is 0.323 e. The number of aliphatic carboxylic acids is 1. The number of carbonyl (C=O) groups is 1. The van der Waals surface area contributed by atoms with Crippen molar-refractivity contribution in [2.24, 2.45) is 0 Å². The molecule has 30 heavy (non-hydrogen) atoms. The summed E-state index contributed by atoms with van der Waals surface area (Å²) in [6.45, 7) is 1.75. The van der Waals surface area contributed by atoms with Gasteiger partial charge in [-0.05, 0) is 49.4 Å². The Bertz CT molecular complexity index is 1340. The Labute approximate surface area is 177 Å². The third-order valence-electron chi connectivity index (χ3n) is 4.83. The van der Waals surface area contributed by atoms with Crippen LogP contribution in [0.3, 0.4) is 0 Å². The molecule has 2 aromatic carbocycles. The number of nitrogens with zero attached hydrogens (tertiary/aromatic N) is 2. The van der Waals surface area contributed by atoms with Crippen molar-refractivity contribution in [3.05, 3.63) is 60.4 Å². The van der Waals surface area contributed by atoms with Crippen LogP contribution in [0.1, 0.15) is 5.69 Å². The van der Waals surface area contributed by atoms with Crippen LogP contribution in [0, 0.1) is 6.92 Å². The molecule has 0 saturated carbocycles. The van der Waals surface area contributed by atoms with Crippen molar-refractivity contribution in [1.29, 1.82) is 0 Å². The van der Waals surface area contributed by atoms with Crippen molar-refractivity contribution in [1.82, 2.24) is 14.8 Å². The van der Waals surface area contributed by atoms with Gasteiger partial charge in [0.05, 0.1) is 10.6 Å². The number of benzene rings is 2. The molecule has 0 aliphatic heterocycles. The topological polar surface area (TPSA) is 105 Å². The van der Waals surface area contributed by atoms with Crippen molar-refractivity contribution < 1.29 is 18.3 Å². The molecule has 4 rings (SSSR count). The van der Waals surface area contributed by atoms with E-state index in [1.54, 1.807) is 35.0 Å². The second-order valence-corrected chi connectivity index (χ2v) is 10.0. The fraction of sp³-hybridized carbons (Fsp3) is 0.143. The van der Waals surface area contributed by atoms with Gasteiger partial charge in [0.15, 0.2) is 9.84 Å². The Morgan fingerprint density at radius 3 is 2.50 bits per heavy atom. The van der Waals surface area contributed by atoms with E-state index in [-0.39, 0.29) is 11.4 Å². The molecule has 2 N–H and O–H groups in total. The fourth-order valence-electron chi connectivity index (χ4n) is 3.37. The molecule has 0 spiro atoms. The predicted octanol–water partition coefficient (Wildman–Crippen LogP) is 3.98. The Hall–Kier alpha value is -3.04. The normalized spacial score (nSPS) is 11.8. The molecular formula is C21H19N3O4S2. The van der Waals surface area contributed by atoms with Gasteiger partial charge < -0.3 is 9.67 Å². The number of aromatic amines is 1. The van der Waals surface area contributed by atoms with Gasteiger partial charge in [-0.1, -0.05) is 17.8 Å². The lowest BCUT2D eigenvalue weighted by molar-refractivity contribution is -0.137. The highest BCUT2D eigenvalue weighted by Gasteiger charge is 2.18. The van der Waals surface area contributed by atoms with E-state index in [9.17, 15) is 18.3 Å². The van der Waals surface area contributed by atoms with Crippen LogP contribution in [-0.2, 0) is 21.2 Å². The van der Waals surface area contributed by atoms with Crippen LogP contribution in [0.25, 0.3) is 22.2 Å². The minimum atomic E-state index is -3.26. The van der Waals surface area contributed by atoms with Gasteiger partial charge in [0.25, 0.3) is 0 Å². The molecule has 0 saturated heterocycles. The molecule has 0 amide bonds. The number of hydrogen-bond donors (Lipinski definition) is 2. The van der Waals surface area contributed by atoms with E-state index in [1.807, 2.05) is 31.2 Å². The average Bonchev–Trinajstić information content (AvgIpc) is 3.31. The number of aromatic nitrogens is 3. The van der Waals surface area contributed by atoms with Gasteiger partial charge in [0.2, 0.25) is 0 Å². The zero-order valence-electron chi connectivity index (χ0n) is 16.3. The highest BCUT2D eigenvalue weighted by molar-refractivity contribution is 7.99. The fourth-order valence-corrected chi connectivity index (χ4v) is 5.04.